The van der Waals surface area contributed by atoms with E-state index in [9.17, 15) is 13.2 Å². The normalized spacial score (nSPS) is 14.8. The van der Waals surface area contributed by atoms with Crippen LogP contribution in [0.1, 0.15) is 17.5 Å². The number of nitrogens with two attached hydrogens (primary N) is 2. The number of rotatable bonds is 11. The van der Waals surface area contributed by atoms with E-state index < -0.39 is 16.1 Å². The molecule has 1 aliphatic heterocycles. The SMILES string of the molecule is CS(=O)(=O)Nc1cccc(CN2C(=O)C(CCOc3ccc(CCN=C(N)N)cc3)Oc3ccccc32)c1. The maximum absolute atomic E-state index is 13.4. The van der Waals surface area contributed by atoms with Crippen LogP contribution in [0.2, 0.25) is 0 Å². The van der Waals surface area contributed by atoms with Gasteiger partial charge in [0, 0.05) is 18.7 Å². The molecule has 1 unspecified atom stereocenters. The van der Waals surface area contributed by atoms with Gasteiger partial charge in [0.25, 0.3) is 5.91 Å². The molecule has 5 N–H and O–H groups in total. The Balaban J connectivity index is 1.40. The zero-order chi connectivity index (χ0) is 27.1. The molecule has 3 aromatic rings. The molecule has 200 valence electrons. The van der Waals surface area contributed by atoms with Crippen molar-refractivity contribution >= 4 is 33.3 Å². The molecule has 0 bridgehead atoms. The molecule has 4 rings (SSSR count). The van der Waals surface area contributed by atoms with E-state index in [2.05, 4.69) is 9.71 Å². The molecular formula is C27H31N5O5S. The highest BCUT2D eigenvalue weighted by atomic mass is 32.2. The quantitative estimate of drug-likeness (QED) is 0.251. The first-order chi connectivity index (χ1) is 18.2. The smallest absolute Gasteiger partial charge is 0.268 e. The summed E-state index contributed by atoms with van der Waals surface area (Å²) in [5.41, 5.74) is 13.7. The van der Waals surface area contributed by atoms with Crippen molar-refractivity contribution in [3.8, 4) is 11.5 Å². The van der Waals surface area contributed by atoms with Crippen molar-refractivity contribution in [2.45, 2.75) is 25.5 Å². The molecule has 1 aliphatic rings. The predicted octanol–water partition coefficient (Wildman–Crippen LogP) is 2.64. The van der Waals surface area contributed by atoms with Crippen LogP contribution in [0.4, 0.5) is 11.4 Å². The topological polar surface area (TPSA) is 149 Å². The average Bonchev–Trinajstić information content (AvgIpc) is 2.86. The summed E-state index contributed by atoms with van der Waals surface area (Å²) in [6.45, 7) is 1.06. The summed E-state index contributed by atoms with van der Waals surface area (Å²) in [6.07, 6.45) is 1.44. The van der Waals surface area contributed by atoms with Gasteiger partial charge in [0.2, 0.25) is 10.0 Å². The van der Waals surface area contributed by atoms with Crippen LogP contribution in [0.15, 0.2) is 77.8 Å². The number of hydrogen-bond acceptors (Lipinski definition) is 6. The highest BCUT2D eigenvalue weighted by Gasteiger charge is 2.34. The molecule has 0 saturated carbocycles. The number of benzene rings is 3. The van der Waals surface area contributed by atoms with Crippen LogP contribution < -0.4 is 30.6 Å². The van der Waals surface area contributed by atoms with E-state index in [4.69, 9.17) is 20.9 Å². The summed E-state index contributed by atoms with van der Waals surface area (Å²) in [5.74, 6) is 1.17. The number of sulfonamides is 1. The van der Waals surface area contributed by atoms with Crippen LogP contribution in [0.3, 0.4) is 0 Å². The minimum absolute atomic E-state index is 0.0723. The molecule has 0 radical (unpaired) electrons. The number of hydrogen-bond donors (Lipinski definition) is 3. The fraction of sp³-hybridized carbons (Fsp3) is 0.259. The van der Waals surface area contributed by atoms with E-state index in [0.29, 0.717) is 42.3 Å². The molecule has 10 nitrogen and oxygen atoms in total. The van der Waals surface area contributed by atoms with Crippen molar-refractivity contribution in [2.24, 2.45) is 16.5 Å². The summed E-state index contributed by atoms with van der Waals surface area (Å²) in [4.78, 5) is 19.1. The first kappa shape index (κ1) is 26.8. The fourth-order valence-corrected chi connectivity index (χ4v) is 4.66. The number of aliphatic imine (C=N–C) groups is 1. The second-order valence-corrected chi connectivity index (χ2v) is 10.7. The van der Waals surface area contributed by atoms with E-state index in [1.807, 2.05) is 54.6 Å². The Kier molecular flexibility index (Phi) is 8.37. The second-order valence-electron chi connectivity index (χ2n) is 8.91. The molecule has 1 heterocycles. The van der Waals surface area contributed by atoms with Crippen LogP contribution in [-0.4, -0.2) is 45.8 Å². The number of ether oxygens (including phenoxy) is 2. The van der Waals surface area contributed by atoms with E-state index in [0.717, 1.165) is 17.4 Å². The molecule has 0 saturated heterocycles. The van der Waals surface area contributed by atoms with Gasteiger partial charge in [0.1, 0.15) is 11.5 Å². The molecule has 0 spiro atoms. The van der Waals surface area contributed by atoms with Crippen LogP contribution >= 0.6 is 0 Å². The monoisotopic (exact) mass is 537 g/mol. The van der Waals surface area contributed by atoms with Crippen LogP contribution in [0.25, 0.3) is 0 Å². The maximum Gasteiger partial charge on any atom is 0.268 e. The average molecular weight is 538 g/mol. The van der Waals surface area contributed by atoms with Gasteiger partial charge < -0.3 is 25.8 Å². The number of anilines is 2. The number of para-hydroxylation sites is 2. The third kappa shape index (κ3) is 7.39. The van der Waals surface area contributed by atoms with Crippen LogP contribution in [0, 0.1) is 0 Å². The van der Waals surface area contributed by atoms with Crippen molar-refractivity contribution in [3.05, 3.63) is 83.9 Å². The summed E-state index contributed by atoms with van der Waals surface area (Å²) in [5, 5.41) is 0. The van der Waals surface area contributed by atoms with Crippen molar-refractivity contribution in [1.82, 2.24) is 0 Å². The van der Waals surface area contributed by atoms with E-state index in [-0.39, 0.29) is 25.0 Å². The van der Waals surface area contributed by atoms with Gasteiger partial charge in [0.15, 0.2) is 12.1 Å². The lowest BCUT2D eigenvalue weighted by atomic mass is 10.1. The summed E-state index contributed by atoms with van der Waals surface area (Å²) < 4.78 is 37.6. The lowest BCUT2D eigenvalue weighted by Gasteiger charge is -2.34. The second kappa shape index (κ2) is 11.9. The molecule has 0 fully saturated rings. The fourth-order valence-electron chi connectivity index (χ4n) is 4.10. The van der Waals surface area contributed by atoms with E-state index in [1.54, 1.807) is 23.1 Å². The standard InChI is InChI=1S/C27H31N5O5S/c1-38(34,35)31-21-6-4-5-20(17-21)18-32-23-7-2-3-8-24(23)37-25(26(32)33)14-16-36-22-11-9-19(10-12-22)13-15-30-27(28)29/h2-12,17,25,31H,13-16,18H2,1H3,(H4,28,29,30). The Bertz CT molecular complexity index is 1410. The molecular weight excluding hydrogens is 506 g/mol. The third-order valence-corrected chi connectivity index (χ3v) is 6.41. The Labute approximate surface area is 222 Å². The number of fused-ring (bicyclic) bond motifs is 1. The molecule has 3 aromatic carbocycles. The molecule has 0 aromatic heterocycles. The predicted molar refractivity (Wildman–Crippen MR) is 148 cm³/mol. The highest BCUT2D eigenvalue weighted by molar-refractivity contribution is 7.92. The largest absolute Gasteiger partial charge is 0.493 e. The zero-order valence-electron chi connectivity index (χ0n) is 21.0. The van der Waals surface area contributed by atoms with Crippen LogP contribution in [-0.2, 0) is 27.8 Å². The Hall–Kier alpha value is -4.25. The maximum atomic E-state index is 13.4. The lowest BCUT2D eigenvalue weighted by molar-refractivity contribution is -0.127. The minimum Gasteiger partial charge on any atom is -0.493 e. The Morgan fingerprint density at radius 1 is 1.05 bits per heavy atom. The van der Waals surface area contributed by atoms with Gasteiger partial charge in [-0.2, -0.15) is 0 Å². The minimum atomic E-state index is -3.42. The first-order valence-corrected chi connectivity index (χ1v) is 14.0. The zero-order valence-corrected chi connectivity index (χ0v) is 21.9. The van der Waals surface area contributed by atoms with Gasteiger partial charge in [-0.15, -0.1) is 0 Å². The molecule has 1 atom stereocenters. The Morgan fingerprint density at radius 3 is 2.55 bits per heavy atom. The van der Waals surface area contributed by atoms with Crippen molar-refractivity contribution < 1.29 is 22.7 Å². The molecule has 1 amide bonds. The van der Waals surface area contributed by atoms with Gasteiger partial charge in [0.05, 0.1) is 25.1 Å². The number of amides is 1. The van der Waals surface area contributed by atoms with Gasteiger partial charge in [-0.25, -0.2) is 8.42 Å². The molecule has 38 heavy (non-hydrogen) atoms. The van der Waals surface area contributed by atoms with Crippen LogP contribution in [0.5, 0.6) is 11.5 Å². The summed E-state index contributed by atoms with van der Waals surface area (Å²) in [7, 11) is -3.42. The summed E-state index contributed by atoms with van der Waals surface area (Å²) in [6, 6.07) is 22.0. The number of nitrogens with one attached hydrogen (secondary N) is 1. The summed E-state index contributed by atoms with van der Waals surface area (Å²) >= 11 is 0. The number of nitrogens with zero attached hydrogens (tertiary/aromatic N) is 2. The van der Waals surface area contributed by atoms with Gasteiger partial charge in [-0.1, -0.05) is 36.4 Å². The van der Waals surface area contributed by atoms with Gasteiger partial charge in [-0.05, 0) is 53.9 Å². The lowest BCUT2D eigenvalue weighted by Crippen LogP contribution is -2.46. The van der Waals surface area contributed by atoms with Gasteiger partial charge in [-0.3, -0.25) is 14.5 Å². The third-order valence-electron chi connectivity index (χ3n) is 5.80. The first-order valence-electron chi connectivity index (χ1n) is 12.1. The van der Waals surface area contributed by atoms with Gasteiger partial charge >= 0.3 is 0 Å². The molecule has 11 heteroatoms. The highest BCUT2D eigenvalue weighted by Crippen LogP contribution is 2.35. The van der Waals surface area contributed by atoms with E-state index in [1.165, 1.54) is 0 Å². The number of guanidine groups is 1. The number of carbonyl (C=O) groups excluding carboxylic acids is 1. The van der Waals surface area contributed by atoms with Crippen molar-refractivity contribution in [3.63, 3.8) is 0 Å². The Morgan fingerprint density at radius 2 is 1.82 bits per heavy atom. The molecule has 0 aliphatic carbocycles. The number of carbonyl (C=O) groups is 1. The van der Waals surface area contributed by atoms with E-state index >= 15 is 0 Å². The van der Waals surface area contributed by atoms with Crippen molar-refractivity contribution in [1.29, 1.82) is 0 Å². The van der Waals surface area contributed by atoms with Crippen molar-refractivity contribution in [2.75, 3.05) is 29.0 Å².